The van der Waals surface area contributed by atoms with Gasteiger partial charge in [-0.2, -0.15) is 0 Å². The number of rotatable bonds is 8. The number of nitrogens with zero attached hydrogens (tertiary/aromatic N) is 4. The Balaban J connectivity index is 1.48. The number of benzene rings is 1. The molecule has 7 nitrogen and oxygen atoms in total. The van der Waals surface area contributed by atoms with E-state index in [2.05, 4.69) is 22.4 Å². The van der Waals surface area contributed by atoms with Crippen LogP contribution in [0.2, 0.25) is 0 Å². The molecule has 0 saturated carbocycles. The van der Waals surface area contributed by atoms with E-state index < -0.39 is 0 Å². The topological polar surface area (TPSA) is 71.6 Å². The summed E-state index contributed by atoms with van der Waals surface area (Å²) in [6, 6.07) is 17.3. The van der Waals surface area contributed by atoms with Crippen LogP contribution < -0.4 is 5.32 Å². The molecule has 0 saturated heterocycles. The Labute approximate surface area is 187 Å². The summed E-state index contributed by atoms with van der Waals surface area (Å²) in [4.78, 5) is 31.8. The van der Waals surface area contributed by atoms with E-state index >= 15 is 0 Å². The summed E-state index contributed by atoms with van der Waals surface area (Å²) < 4.78 is 3.63. The van der Waals surface area contributed by atoms with Gasteiger partial charge in [0, 0.05) is 51.5 Å². The van der Waals surface area contributed by atoms with Crippen molar-refractivity contribution >= 4 is 17.5 Å². The summed E-state index contributed by atoms with van der Waals surface area (Å²) in [5.41, 5.74) is 3.16. The molecule has 3 heterocycles. The average molecular weight is 430 g/mol. The summed E-state index contributed by atoms with van der Waals surface area (Å²) >= 11 is 0. The number of carbonyl (C=O) groups is 2. The van der Waals surface area contributed by atoms with Crippen molar-refractivity contribution in [1.82, 2.24) is 24.2 Å². The molecule has 4 aromatic rings. The third kappa shape index (κ3) is 4.72. The van der Waals surface area contributed by atoms with Crippen LogP contribution in [0, 0.1) is 0 Å². The number of amides is 2. The highest BCUT2D eigenvalue weighted by molar-refractivity contribution is 5.94. The van der Waals surface area contributed by atoms with Gasteiger partial charge in [-0.25, -0.2) is 4.98 Å². The second kappa shape index (κ2) is 9.51. The third-order valence-electron chi connectivity index (χ3n) is 5.76. The Hall–Kier alpha value is -3.87. The molecule has 0 fully saturated rings. The number of likely N-dealkylation sites (N-methyl/N-ethyl adjacent to an activating group) is 1. The zero-order valence-electron chi connectivity index (χ0n) is 18.3. The highest BCUT2D eigenvalue weighted by Crippen LogP contribution is 2.15. The maximum Gasteiger partial charge on any atom is 0.267 e. The van der Waals surface area contributed by atoms with Crippen molar-refractivity contribution in [1.29, 1.82) is 0 Å². The van der Waals surface area contributed by atoms with E-state index in [1.807, 2.05) is 61.2 Å². The van der Waals surface area contributed by atoms with Crippen LogP contribution in [0.4, 0.5) is 0 Å². The SMILES string of the molecule is CN(C(=O)c1ccc2nccn2c1)[C@H](CCNC(=O)c1cccn1C)Cc1ccccc1. The quantitative estimate of drug-likeness (QED) is 0.468. The molecule has 164 valence electrons. The molecule has 7 heteroatoms. The second-order valence-corrected chi connectivity index (χ2v) is 7.92. The van der Waals surface area contributed by atoms with Crippen LogP contribution in [0.15, 0.2) is 79.4 Å². The summed E-state index contributed by atoms with van der Waals surface area (Å²) in [5, 5.41) is 2.99. The Kier molecular flexibility index (Phi) is 6.35. The van der Waals surface area contributed by atoms with Crippen LogP contribution in [0.5, 0.6) is 0 Å². The molecule has 2 amide bonds. The minimum absolute atomic E-state index is 0.0599. The molecular weight excluding hydrogens is 402 g/mol. The first-order valence-corrected chi connectivity index (χ1v) is 10.7. The maximum absolute atomic E-state index is 13.3. The monoisotopic (exact) mass is 429 g/mol. The van der Waals surface area contributed by atoms with Crippen LogP contribution in [-0.4, -0.2) is 50.3 Å². The largest absolute Gasteiger partial charge is 0.351 e. The molecule has 1 N–H and O–H groups in total. The van der Waals surface area contributed by atoms with Gasteiger partial charge in [0.05, 0.1) is 5.56 Å². The molecular formula is C25H27N5O2. The van der Waals surface area contributed by atoms with E-state index in [9.17, 15) is 9.59 Å². The summed E-state index contributed by atoms with van der Waals surface area (Å²) in [6.45, 7) is 0.472. The summed E-state index contributed by atoms with van der Waals surface area (Å²) in [7, 11) is 3.67. The zero-order chi connectivity index (χ0) is 22.5. The first-order valence-electron chi connectivity index (χ1n) is 10.7. The number of aryl methyl sites for hydroxylation is 1. The number of hydrogen-bond acceptors (Lipinski definition) is 3. The Bertz CT molecular complexity index is 1210. The van der Waals surface area contributed by atoms with Crippen molar-refractivity contribution in [3.63, 3.8) is 0 Å². The number of nitrogens with one attached hydrogen (secondary N) is 1. The fourth-order valence-electron chi connectivity index (χ4n) is 3.87. The van der Waals surface area contributed by atoms with E-state index in [1.165, 1.54) is 0 Å². The van der Waals surface area contributed by atoms with Crippen LogP contribution in [0.1, 0.15) is 32.8 Å². The molecule has 32 heavy (non-hydrogen) atoms. The smallest absolute Gasteiger partial charge is 0.267 e. The van der Waals surface area contributed by atoms with Crippen LogP contribution in [-0.2, 0) is 13.5 Å². The number of carbonyl (C=O) groups excluding carboxylic acids is 2. The van der Waals surface area contributed by atoms with Gasteiger partial charge in [0.25, 0.3) is 11.8 Å². The van der Waals surface area contributed by atoms with E-state index in [1.54, 1.807) is 34.0 Å². The van der Waals surface area contributed by atoms with Crippen molar-refractivity contribution in [2.45, 2.75) is 18.9 Å². The van der Waals surface area contributed by atoms with Gasteiger partial charge in [0.2, 0.25) is 0 Å². The lowest BCUT2D eigenvalue weighted by Gasteiger charge is -2.29. The molecule has 0 radical (unpaired) electrons. The number of imidazole rings is 1. The lowest BCUT2D eigenvalue weighted by molar-refractivity contribution is 0.0722. The average Bonchev–Trinajstić information content (AvgIpc) is 3.46. The van der Waals surface area contributed by atoms with Gasteiger partial charge in [-0.15, -0.1) is 0 Å². The standard InChI is InChI=1S/C25H27N5O2/c1-28-15-6-9-22(28)24(31)27-13-12-21(17-19-7-4-3-5-8-19)29(2)25(32)20-10-11-23-26-14-16-30(23)18-20/h3-11,14-16,18,21H,12-13,17H2,1-2H3,(H,27,31)/t21-/m1/s1. The first-order chi connectivity index (χ1) is 15.5. The molecule has 4 rings (SSSR count). The van der Waals surface area contributed by atoms with Crippen LogP contribution in [0.3, 0.4) is 0 Å². The molecule has 1 atom stereocenters. The minimum Gasteiger partial charge on any atom is -0.351 e. The van der Waals surface area contributed by atoms with E-state index in [0.717, 1.165) is 11.2 Å². The number of aromatic nitrogens is 3. The fourth-order valence-corrected chi connectivity index (χ4v) is 3.87. The molecule has 0 aliphatic rings. The molecule has 0 spiro atoms. The van der Waals surface area contributed by atoms with Gasteiger partial charge in [-0.05, 0) is 42.7 Å². The second-order valence-electron chi connectivity index (χ2n) is 7.92. The molecule has 0 aliphatic heterocycles. The lowest BCUT2D eigenvalue weighted by atomic mass is 10.0. The molecule has 0 bridgehead atoms. The number of pyridine rings is 1. The van der Waals surface area contributed by atoms with Gasteiger partial charge in [-0.3, -0.25) is 9.59 Å². The maximum atomic E-state index is 13.3. The van der Waals surface area contributed by atoms with Gasteiger partial charge in [0.1, 0.15) is 11.3 Å². The van der Waals surface area contributed by atoms with Crippen molar-refractivity contribution in [2.75, 3.05) is 13.6 Å². The predicted octanol–water partition coefficient (Wildman–Crippen LogP) is 3.18. The number of fused-ring (bicyclic) bond motifs is 1. The van der Waals surface area contributed by atoms with Crippen molar-refractivity contribution in [3.8, 4) is 0 Å². The van der Waals surface area contributed by atoms with E-state index in [-0.39, 0.29) is 17.9 Å². The molecule has 0 aliphatic carbocycles. The molecule has 3 aromatic heterocycles. The normalized spacial score (nSPS) is 11.9. The summed E-state index contributed by atoms with van der Waals surface area (Å²) in [5.74, 6) is -0.175. The van der Waals surface area contributed by atoms with Gasteiger partial charge < -0.3 is 19.2 Å². The fraction of sp³-hybridized carbons (Fsp3) is 0.240. The van der Waals surface area contributed by atoms with Crippen molar-refractivity contribution in [3.05, 3.63) is 96.2 Å². The van der Waals surface area contributed by atoms with Gasteiger partial charge in [0.15, 0.2) is 0 Å². The predicted molar refractivity (Wildman–Crippen MR) is 124 cm³/mol. The van der Waals surface area contributed by atoms with E-state index in [4.69, 9.17) is 0 Å². The molecule has 0 unspecified atom stereocenters. The molecule has 1 aromatic carbocycles. The zero-order valence-corrected chi connectivity index (χ0v) is 18.3. The van der Waals surface area contributed by atoms with Gasteiger partial charge >= 0.3 is 0 Å². The van der Waals surface area contributed by atoms with Crippen molar-refractivity contribution in [2.24, 2.45) is 7.05 Å². The van der Waals surface area contributed by atoms with Crippen molar-refractivity contribution < 1.29 is 9.59 Å². The Morgan fingerprint density at radius 2 is 1.88 bits per heavy atom. The Morgan fingerprint density at radius 3 is 2.62 bits per heavy atom. The highest BCUT2D eigenvalue weighted by atomic mass is 16.2. The van der Waals surface area contributed by atoms with Crippen LogP contribution >= 0.6 is 0 Å². The number of hydrogen-bond donors (Lipinski definition) is 1. The van der Waals surface area contributed by atoms with E-state index in [0.29, 0.717) is 30.6 Å². The summed E-state index contributed by atoms with van der Waals surface area (Å²) in [6.07, 6.45) is 8.53. The lowest BCUT2D eigenvalue weighted by Crippen LogP contribution is -2.41. The highest BCUT2D eigenvalue weighted by Gasteiger charge is 2.22. The first kappa shape index (κ1) is 21.4. The minimum atomic E-state index is -0.115. The third-order valence-corrected chi connectivity index (χ3v) is 5.76. The Morgan fingerprint density at radius 1 is 1.06 bits per heavy atom. The van der Waals surface area contributed by atoms with Crippen LogP contribution in [0.25, 0.3) is 5.65 Å². The van der Waals surface area contributed by atoms with Gasteiger partial charge in [-0.1, -0.05) is 30.3 Å².